The summed E-state index contributed by atoms with van der Waals surface area (Å²) in [6.07, 6.45) is 7.11. The average molecular weight is 1660 g/mol. The van der Waals surface area contributed by atoms with Gasteiger partial charge in [-0.05, 0) is 186 Å². The smallest absolute Gasteiger partial charge is 0.496 e. The van der Waals surface area contributed by atoms with Gasteiger partial charge in [0.15, 0.2) is 0 Å². The summed E-state index contributed by atoms with van der Waals surface area (Å²) in [6, 6.07) is 88.0. The van der Waals surface area contributed by atoms with Gasteiger partial charge in [0.05, 0.1) is 58.6 Å². The van der Waals surface area contributed by atoms with Crippen molar-refractivity contribution in [2.24, 2.45) is 0 Å². The fourth-order valence-corrected chi connectivity index (χ4v) is 12.6. The molecule has 10 aromatic carbocycles. The maximum atomic E-state index is 6.50. The van der Waals surface area contributed by atoms with E-state index in [4.69, 9.17) is 32.8 Å². The molecular formula is C94H86B2N8O7Pt. The van der Waals surface area contributed by atoms with Gasteiger partial charge < -0.3 is 32.8 Å². The van der Waals surface area contributed by atoms with Crippen LogP contribution in [0.4, 0.5) is 0 Å². The van der Waals surface area contributed by atoms with Crippen LogP contribution in [-0.2, 0) is 39.7 Å². The topological polar surface area (TPSA) is 168 Å². The zero-order valence-electron chi connectivity index (χ0n) is 65.3. The van der Waals surface area contributed by atoms with Crippen molar-refractivity contribution in [3.63, 3.8) is 0 Å². The van der Waals surface area contributed by atoms with E-state index in [1.807, 2.05) is 199 Å². The van der Waals surface area contributed by atoms with Gasteiger partial charge in [-0.2, -0.15) is 30.6 Å². The van der Waals surface area contributed by atoms with Gasteiger partial charge in [0.25, 0.3) is 0 Å². The van der Waals surface area contributed by atoms with Crippen LogP contribution >= 0.6 is 0 Å². The molecule has 2 aliphatic rings. The first-order chi connectivity index (χ1) is 53.4. The van der Waals surface area contributed by atoms with Gasteiger partial charge >= 0.3 is 35.3 Å². The molecule has 0 bridgehead atoms. The summed E-state index contributed by atoms with van der Waals surface area (Å²) in [7, 11) is -0.870. The second-order valence-corrected chi connectivity index (χ2v) is 30.0. The molecular weight excluding hydrogens is 1570 g/mol. The van der Waals surface area contributed by atoms with Crippen LogP contribution in [0.3, 0.4) is 0 Å². The molecule has 15 nitrogen and oxygen atoms in total. The molecule has 14 aromatic rings. The summed E-state index contributed by atoms with van der Waals surface area (Å²) in [5.74, 6) is 4.31. The number of rotatable bonds is 16. The van der Waals surface area contributed by atoms with Crippen molar-refractivity contribution >= 4 is 25.2 Å². The predicted molar refractivity (Wildman–Crippen MR) is 442 cm³/mol. The molecule has 0 unspecified atom stereocenters. The molecule has 0 N–H and O–H groups in total. The normalized spacial score (nSPS) is 14.2. The van der Waals surface area contributed by atoms with E-state index in [1.54, 1.807) is 24.8 Å². The second-order valence-electron chi connectivity index (χ2n) is 30.0. The number of hydrogen-bond donors (Lipinski definition) is 0. The van der Waals surface area contributed by atoms with Crippen molar-refractivity contribution < 1.29 is 53.9 Å². The average Bonchev–Trinajstić information content (AvgIpc) is 1.63. The molecule has 0 amide bonds. The van der Waals surface area contributed by atoms with Crippen LogP contribution in [0.5, 0.6) is 34.5 Å². The fraction of sp³-hybridized carbons (Fsp3) is 0.191. The van der Waals surface area contributed by atoms with Crippen LogP contribution in [0.1, 0.15) is 88.8 Å². The summed E-state index contributed by atoms with van der Waals surface area (Å²) in [4.78, 5) is 0. The van der Waals surface area contributed by atoms with Crippen molar-refractivity contribution in [3.05, 3.63) is 313 Å². The largest absolute Gasteiger partial charge is 2.00 e. The quantitative estimate of drug-likeness (QED) is 0.0661. The maximum Gasteiger partial charge on any atom is 2.00 e. The Balaban J connectivity index is 0.000000147. The van der Waals surface area contributed by atoms with E-state index in [0.29, 0.717) is 11.5 Å². The Morgan fingerprint density at radius 2 is 0.536 bits per heavy atom. The zero-order valence-corrected chi connectivity index (χ0v) is 67.6. The van der Waals surface area contributed by atoms with Gasteiger partial charge in [0.1, 0.15) is 23.0 Å². The van der Waals surface area contributed by atoms with Crippen LogP contribution in [0, 0.1) is 53.7 Å². The van der Waals surface area contributed by atoms with Gasteiger partial charge in [0, 0.05) is 45.1 Å². The summed E-state index contributed by atoms with van der Waals surface area (Å²) in [6.45, 7) is 28.6. The van der Waals surface area contributed by atoms with Crippen molar-refractivity contribution in [2.75, 3.05) is 0 Å². The van der Waals surface area contributed by atoms with Gasteiger partial charge in [-0.25, -0.2) is 10.2 Å². The van der Waals surface area contributed by atoms with E-state index in [0.717, 1.165) is 157 Å². The molecule has 0 aliphatic carbocycles. The molecule has 16 rings (SSSR count). The second kappa shape index (κ2) is 33.7. The van der Waals surface area contributed by atoms with Crippen LogP contribution < -0.4 is 25.1 Å². The zero-order chi connectivity index (χ0) is 77.6. The Morgan fingerprint density at radius 1 is 0.268 bits per heavy atom. The maximum absolute atomic E-state index is 6.50. The third kappa shape index (κ3) is 18.0. The summed E-state index contributed by atoms with van der Waals surface area (Å²) in [5, 5.41) is 34.5. The first-order valence-electron chi connectivity index (χ1n) is 37.2. The predicted octanol–water partition coefficient (Wildman–Crippen LogP) is 21.0. The Morgan fingerprint density at radius 3 is 0.848 bits per heavy atom. The van der Waals surface area contributed by atoms with Crippen LogP contribution in [0.2, 0.25) is 0 Å². The molecule has 560 valence electrons. The van der Waals surface area contributed by atoms with Gasteiger partial charge in [0.2, 0.25) is 0 Å². The summed E-state index contributed by atoms with van der Waals surface area (Å²) in [5.41, 5.74) is 21.3. The van der Waals surface area contributed by atoms with E-state index in [1.165, 1.54) is 0 Å². The first-order valence-corrected chi connectivity index (χ1v) is 37.2. The van der Waals surface area contributed by atoms with Gasteiger partial charge in [-0.1, -0.05) is 219 Å². The number of aromatic nitrogens is 8. The minimum absolute atomic E-state index is 0. The van der Waals surface area contributed by atoms with Crippen molar-refractivity contribution in [2.45, 2.75) is 119 Å². The number of nitrogens with zero attached hydrogens (tertiary/aromatic N) is 8. The molecule has 0 atom stereocenters. The van der Waals surface area contributed by atoms with E-state index in [9.17, 15) is 0 Å². The Labute approximate surface area is 671 Å². The van der Waals surface area contributed by atoms with Crippen LogP contribution in [0.15, 0.2) is 267 Å². The summed E-state index contributed by atoms with van der Waals surface area (Å²) >= 11 is 0. The Kier molecular flexibility index (Phi) is 23.6. The molecule has 4 aromatic heterocycles. The molecule has 0 radical (unpaired) electrons. The number of hydrogen-bond acceptors (Lipinski definition) is 15. The number of aryl methyl sites for hydroxylation is 6. The third-order valence-electron chi connectivity index (χ3n) is 20.9. The Hall–Kier alpha value is -11.4. The van der Waals surface area contributed by atoms with E-state index < -0.39 is 36.6 Å². The minimum Gasteiger partial charge on any atom is -0.496 e. The Bertz CT molecular complexity index is 5030. The van der Waals surface area contributed by atoms with Gasteiger partial charge in [-0.3, -0.25) is 0 Å². The minimum atomic E-state index is -0.435. The number of benzene rings is 10. The fourth-order valence-electron chi connectivity index (χ4n) is 12.6. The van der Waals surface area contributed by atoms with E-state index in [-0.39, 0.29) is 21.1 Å². The molecule has 18 heteroatoms. The van der Waals surface area contributed by atoms with Crippen molar-refractivity contribution in [1.82, 2.24) is 40.8 Å². The van der Waals surface area contributed by atoms with Crippen LogP contribution in [0.25, 0.3) is 89.5 Å². The SMILES string of the molecule is Cc1ccc(-c2cc(-c3ccccc3)cnn2)[c-]c1Oc1[c-]c(-c2cc(-c3ccccc3)cnn2)ccc1C.Cc1ccc(-c2cc(-c3ccccc3)cnn2)cc1Oc1cc(-c2cc(-c3ccccc3)cnn2)ccc1C.Cc1ccc(B2OC(C)(C)C(C)(C)O2)cc1Oc1cc(B2OC(C)(C)C(C)(C)O2)ccc1C.[Pt+2]. The monoisotopic (exact) mass is 1660 g/mol. The van der Waals surface area contributed by atoms with E-state index in [2.05, 4.69) is 193 Å². The molecule has 112 heavy (non-hydrogen) atoms. The standard InChI is InChI=1S/C34H26N4O.C34H24N4O.C26H36B2O5.Pt/c2*1-23-13-15-27(31-17-29(21-35-37-31)25-9-5-3-6-10-25)19-33(23)39-34-20-28(16-14-24(34)2)32-18-30(22-36-38-32)26-11-7-4-8-12-26;1-17-11-13-19(27-30-23(3,4)24(5,6)31-27)15-21(17)29-22-16-20(14-12-18(22)2)28-32-25(7,8)26(9,10)33-28;/h3-22H,1-2H3;3-18,21-22H,1-2H3;11-16H,1-10H3;/q;-2;;+2. The first kappa shape index (κ1) is 78.7. The molecule has 0 saturated carbocycles. The molecule has 2 saturated heterocycles. The van der Waals surface area contributed by atoms with Gasteiger partial charge in [-0.15, -0.1) is 35.4 Å². The molecule has 0 spiro atoms. The van der Waals surface area contributed by atoms with Crippen LogP contribution in [-0.4, -0.2) is 77.4 Å². The summed E-state index contributed by atoms with van der Waals surface area (Å²) < 4.78 is 44.2. The number of ether oxygens (including phenoxy) is 3. The van der Waals surface area contributed by atoms with E-state index >= 15 is 0 Å². The third-order valence-corrected chi connectivity index (χ3v) is 20.9. The van der Waals surface area contributed by atoms with Crippen molar-refractivity contribution in [1.29, 1.82) is 0 Å². The molecule has 6 heterocycles. The molecule has 2 aliphatic heterocycles. The molecule has 2 fully saturated rings. The van der Waals surface area contributed by atoms with Crippen molar-refractivity contribution in [3.8, 4) is 124 Å².